The Balaban J connectivity index is 1.21. The molecule has 4 aliphatic heterocycles. The number of alkyl halides is 6. The molecule has 108 heavy (non-hydrogen) atoms. The summed E-state index contributed by atoms with van der Waals surface area (Å²) in [5, 5.41) is 19.4. The third kappa shape index (κ3) is 19.9. The van der Waals surface area contributed by atoms with Crippen LogP contribution in [0.3, 0.4) is 0 Å². The number of nitrogens with one attached hydrogen (secondary N) is 3. The van der Waals surface area contributed by atoms with Crippen LogP contribution in [0.2, 0.25) is 0 Å². The van der Waals surface area contributed by atoms with Crippen LogP contribution in [0.25, 0.3) is 0 Å². The Kier molecular flexibility index (Phi) is 28.2. The van der Waals surface area contributed by atoms with E-state index in [0.29, 0.717) is 50.7 Å². The van der Waals surface area contributed by atoms with Gasteiger partial charge in [0.25, 0.3) is 0 Å². The molecule has 2 aromatic carbocycles. The molecule has 4 N–H and O–H groups in total. The van der Waals surface area contributed by atoms with Crippen LogP contribution in [-0.4, -0.2) is 275 Å². The molecule has 2 aromatic rings. The summed E-state index contributed by atoms with van der Waals surface area (Å²) in [6.07, 6.45) is -11.2. The van der Waals surface area contributed by atoms with E-state index in [-0.39, 0.29) is 82.9 Å². The Morgan fingerprint density at radius 3 is 1.82 bits per heavy atom. The highest BCUT2D eigenvalue weighted by Gasteiger charge is 2.54. The van der Waals surface area contributed by atoms with Gasteiger partial charge in [-0.3, -0.25) is 57.5 Å². The minimum atomic E-state index is -5.47. The first-order valence-electron chi connectivity index (χ1n) is 37.0. The number of fused-ring (bicyclic) bond motifs is 3. The van der Waals surface area contributed by atoms with Gasteiger partial charge >= 0.3 is 12.4 Å². The van der Waals surface area contributed by atoms with Crippen LogP contribution in [0.4, 0.5) is 35.1 Å². The first-order chi connectivity index (χ1) is 50.7. The summed E-state index contributed by atoms with van der Waals surface area (Å²) in [4.78, 5) is 191. The van der Waals surface area contributed by atoms with E-state index in [0.717, 1.165) is 65.6 Å². The SMILES string of the molecule is CC[C@H](C)[C@@H]1NC(=O)[C@H](CC(C)C)N(C)C(=O)C[C@@H](C(=O)N2CCOCC2)N(C)C(=O)[C@H](C2CCCC2)N(C)C(=O)C2(CCC2)NC(=O)[C@@H]2C[C@@H](O)CN2C(=O)[C@H](CCc2cc(F)c(C(F)(F)F)c(F)c2)NC(=O)CN(C)C(=O)[C@H](Cc2ccc(C(F)(F)F)cc2)N2CCCC[C@@H](C2=O)N(C)C(=O)CN(C)C1=O. The number of morpholine rings is 1. The number of carbonyl (C=O) groups is 12. The number of hydrogen-bond donors (Lipinski definition) is 4. The number of rotatable bonds is 11. The van der Waals surface area contributed by atoms with Crippen molar-refractivity contribution < 1.29 is 103 Å². The number of aliphatic hydroxyl groups is 1. The fourth-order valence-corrected chi connectivity index (χ4v) is 15.5. The van der Waals surface area contributed by atoms with Crippen molar-refractivity contribution in [3.63, 3.8) is 0 Å². The maximum Gasteiger partial charge on any atom is 0.422 e. The van der Waals surface area contributed by atoms with Crippen molar-refractivity contribution in [2.75, 3.05) is 94.8 Å². The third-order valence-electron chi connectivity index (χ3n) is 22.3. The summed E-state index contributed by atoms with van der Waals surface area (Å²) < 4.78 is 119. The lowest BCUT2D eigenvalue weighted by molar-refractivity contribution is -0.159. The van der Waals surface area contributed by atoms with Crippen molar-refractivity contribution in [2.45, 2.75) is 209 Å². The minimum Gasteiger partial charge on any atom is -0.391 e. The van der Waals surface area contributed by atoms with Gasteiger partial charge in [-0.1, -0.05) is 59.1 Å². The van der Waals surface area contributed by atoms with Gasteiger partial charge in [-0.2, -0.15) is 26.3 Å². The van der Waals surface area contributed by atoms with Gasteiger partial charge < -0.3 is 69.9 Å². The molecule has 0 aromatic heterocycles. The lowest BCUT2D eigenvalue weighted by Gasteiger charge is -2.47. The van der Waals surface area contributed by atoms with E-state index in [4.69, 9.17) is 4.74 Å². The van der Waals surface area contributed by atoms with Gasteiger partial charge in [-0.25, -0.2) is 8.78 Å². The Hall–Kier alpha value is -8.56. The summed E-state index contributed by atoms with van der Waals surface area (Å²) in [5.41, 5.74) is -5.33. The summed E-state index contributed by atoms with van der Waals surface area (Å²) >= 11 is 0. The minimum absolute atomic E-state index is 0.000792. The number of nitrogens with zero attached hydrogens (tertiary/aromatic N) is 9. The van der Waals surface area contributed by atoms with Crippen molar-refractivity contribution in [3.8, 4) is 0 Å². The zero-order valence-corrected chi connectivity index (χ0v) is 62.9. The van der Waals surface area contributed by atoms with E-state index in [9.17, 15) is 50.6 Å². The molecule has 4 saturated heterocycles. The Morgan fingerprint density at radius 1 is 0.639 bits per heavy atom. The van der Waals surface area contributed by atoms with Gasteiger partial charge in [0.05, 0.1) is 44.4 Å². The topological polar surface area (TPSA) is 300 Å². The number of amides is 12. The Labute approximate surface area is 623 Å². The molecule has 6 aliphatic rings. The van der Waals surface area contributed by atoms with E-state index < -0.39 is 235 Å². The second-order valence-corrected chi connectivity index (χ2v) is 30.3. The molecule has 0 radical (unpaired) electrons. The summed E-state index contributed by atoms with van der Waals surface area (Å²) in [6.45, 7) is 5.08. The molecule has 0 unspecified atom stereocenters. The van der Waals surface area contributed by atoms with Crippen LogP contribution in [0.1, 0.15) is 146 Å². The summed E-state index contributed by atoms with van der Waals surface area (Å²) in [6, 6.07) is -7.52. The molecule has 8 rings (SSSR count). The van der Waals surface area contributed by atoms with Crippen LogP contribution in [0.15, 0.2) is 36.4 Å². The molecular weight excluding hydrogens is 1430 g/mol. The van der Waals surface area contributed by atoms with E-state index in [1.807, 2.05) is 0 Å². The summed E-state index contributed by atoms with van der Waals surface area (Å²) in [7, 11) is 7.81. The van der Waals surface area contributed by atoms with Crippen molar-refractivity contribution in [2.24, 2.45) is 17.8 Å². The first kappa shape index (κ1) is 85.1. The molecule has 1 spiro atoms. The second-order valence-electron chi connectivity index (χ2n) is 30.3. The number of benzene rings is 2. The van der Waals surface area contributed by atoms with Crippen molar-refractivity contribution >= 4 is 70.9 Å². The lowest BCUT2D eigenvalue weighted by Crippen LogP contribution is -2.68. The van der Waals surface area contributed by atoms with Gasteiger partial charge in [-0.05, 0) is 124 Å². The van der Waals surface area contributed by atoms with E-state index >= 15 is 47.1 Å². The first-order valence-corrected chi connectivity index (χ1v) is 37.0. The zero-order chi connectivity index (χ0) is 79.8. The van der Waals surface area contributed by atoms with E-state index in [1.165, 1.54) is 45.0 Å². The molecule has 598 valence electrons. The van der Waals surface area contributed by atoms with E-state index in [1.54, 1.807) is 27.7 Å². The van der Waals surface area contributed by atoms with Crippen LogP contribution in [-0.2, 0) is 87.5 Å². The fourth-order valence-electron chi connectivity index (χ4n) is 15.5. The smallest absolute Gasteiger partial charge is 0.391 e. The number of likely N-dealkylation sites (N-methyl/N-ethyl adjacent to an activating group) is 6. The Bertz CT molecular complexity index is 3620. The predicted octanol–water partition coefficient (Wildman–Crippen LogP) is 4.30. The van der Waals surface area contributed by atoms with Gasteiger partial charge in [0, 0.05) is 81.3 Å². The molecule has 2 bridgehead atoms. The van der Waals surface area contributed by atoms with Gasteiger partial charge in [0.2, 0.25) is 70.9 Å². The van der Waals surface area contributed by atoms with Crippen LogP contribution in [0, 0.1) is 29.4 Å². The average Bonchev–Trinajstić information content (AvgIpc) is 1.22. The normalized spacial score (nSPS) is 26.7. The third-order valence-corrected chi connectivity index (χ3v) is 22.3. The molecule has 4 heterocycles. The largest absolute Gasteiger partial charge is 0.422 e. The van der Waals surface area contributed by atoms with Gasteiger partial charge in [0.15, 0.2) is 0 Å². The predicted molar refractivity (Wildman–Crippen MR) is 373 cm³/mol. The molecule has 12 amide bonds. The van der Waals surface area contributed by atoms with Crippen molar-refractivity contribution in [3.05, 3.63) is 70.3 Å². The molecule has 26 nitrogen and oxygen atoms in total. The zero-order valence-electron chi connectivity index (χ0n) is 62.9. The van der Waals surface area contributed by atoms with Crippen LogP contribution >= 0.6 is 0 Å². The highest BCUT2D eigenvalue weighted by atomic mass is 19.4. The number of aryl methyl sites for hydroxylation is 1. The highest BCUT2D eigenvalue weighted by Crippen LogP contribution is 2.40. The number of carbonyl (C=O) groups excluding carboxylic acids is 12. The van der Waals surface area contributed by atoms with Crippen LogP contribution < -0.4 is 16.0 Å². The number of hydrogen-bond acceptors (Lipinski definition) is 14. The number of aliphatic hydroxyl groups excluding tert-OH is 1. The van der Waals surface area contributed by atoms with Gasteiger partial charge in [0.1, 0.15) is 71.1 Å². The van der Waals surface area contributed by atoms with Crippen LogP contribution in [0.5, 0.6) is 0 Å². The summed E-state index contributed by atoms with van der Waals surface area (Å²) in [5.74, 6) is -15.6. The lowest BCUT2D eigenvalue weighted by atomic mass is 9.74. The fraction of sp³-hybridized carbons (Fsp3) is 0.676. The monoisotopic (exact) mass is 1530 g/mol. The average molecular weight is 1540 g/mol. The Morgan fingerprint density at radius 2 is 1.25 bits per heavy atom. The second kappa shape index (κ2) is 35.9. The standard InChI is InChI=1S/C74H102F8N12O14/c1-11-43(4)61-69(105)87(6)41-59(98)88(7)52-19-14-15-28-93(68(52)104)56(36-44-20-23-47(24-21-44)73(77,78)79)66(102)86(5)40-57(96)83-51(25-22-45-34-49(75)60(50(76)35-45)74(80,81)82)65(101)94-39-48(95)37-54(94)64(100)85-72(26-16-27-72)71(107)91(10)62(46-17-12-13-18-46)70(106)90(9)55(67(103)92-29-31-108-32-30-92)38-58(97)89(8)53(33-42(2)3)63(99)84-61/h20-21,23-24,34-35,42-43,46,48,51-56,61-62,95H,11-19,22,25-33,36-41H2,1-10H3,(H,83,96)(H,84,99)(H,85,100)/t43-,48+,51-,52-,53-,54-,55-,56-,61-,62-/m0/s1. The molecule has 10 atom stereocenters. The van der Waals surface area contributed by atoms with Crippen molar-refractivity contribution in [1.82, 2.24) is 60.0 Å². The number of ether oxygens (including phenoxy) is 1. The van der Waals surface area contributed by atoms with E-state index in [2.05, 4.69) is 16.0 Å². The maximum absolute atomic E-state index is 15.6. The molecule has 6 fully saturated rings. The number of halogens is 8. The molecule has 34 heteroatoms. The molecule has 2 aliphatic carbocycles. The maximum atomic E-state index is 15.6. The van der Waals surface area contributed by atoms with Gasteiger partial charge in [-0.15, -0.1) is 0 Å². The highest BCUT2D eigenvalue weighted by molar-refractivity contribution is 6.01. The molecule has 2 saturated carbocycles. The quantitative estimate of drug-likeness (QED) is 0.228. The van der Waals surface area contributed by atoms with Crippen molar-refractivity contribution in [1.29, 1.82) is 0 Å². The molecular formula is C74H102F8N12O14.